The van der Waals surface area contributed by atoms with Crippen LogP contribution in [0.5, 0.6) is 34.5 Å². The van der Waals surface area contributed by atoms with Crippen LogP contribution in [0.25, 0.3) is 10.8 Å². The van der Waals surface area contributed by atoms with Gasteiger partial charge in [0, 0.05) is 26.9 Å². The quantitative estimate of drug-likeness (QED) is 0.108. The van der Waals surface area contributed by atoms with Crippen LogP contribution in [-0.2, 0) is 22.4 Å². The van der Waals surface area contributed by atoms with E-state index in [1.165, 1.54) is 0 Å². The number of benzene rings is 4. The molecule has 0 fully saturated rings. The summed E-state index contributed by atoms with van der Waals surface area (Å²) in [6.07, 6.45) is 1.23. The molecule has 0 heterocycles. The van der Waals surface area contributed by atoms with E-state index in [1.54, 1.807) is 56.7 Å². The lowest BCUT2D eigenvalue weighted by molar-refractivity contribution is -0.134. The van der Waals surface area contributed by atoms with Gasteiger partial charge in [0.15, 0.2) is 11.5 Å². The third-order valence-corrected chi connectivity index (χ3v) is 6.71. The smallest absolute Gasteiger partial charge is 0.315 e. The van der Waals surface area contributed by atoms with Gasteiger partial charge in [0.2, 0.25) is 11.5 Å². The number of carbonyl (C=O) groups is 2. The van der Waals surface area contributed by atoms with E-state index in [1.807, 2.05) is 38.1 Å². The lowest BCUT2D eigenvalue weighted by Crippen LogP contribution is -2.16. The standard InChI is InChI=1S/C34H35ClO8/c1-5-17-40-33-31(42-29(36)19-22-11-7-9-13-27(22)38-3)25-16-15-24(35)21-26(25)32(34(33)41-18-6-2)43-30(37)20-23-12-8-10-14-28(23)39-4/h7-16,21H,5-6,17-20H2,1-4H3. The topological polar surface area (TPSA) is 89.5 Å². The van der Waals surface area contributed by atoms with E-state index in [0.29, 0.717) is 64.5 Å². The Morgan fingerprint density at radius 3 is 1.56 bits per heavy atom. The zero-order valence-corrected chi connectivity index (χ0v) is 25.5. The van der Waals surface area contributed by atoms with Gasteiger partial charge in [-0.2, -0.15) is 0 Å². The molecule has 0 aromatic heterocycles. The second-order valence-electron chi connectivity index (χ2n) is 9.63. The molecule has 4 aromatic carbocycles. The average Bonchev–Trinajstić information content (AvgIpc) is 3.01. The summed E-state index contributed by atoms with van der Waals surface area (Å²) in [4.78, 5) is 26.7. The number of hydrogen-bond donors (Lipinski definition) is 0. The van der Waals surface area contributed by atoms with Gasteiger partial charge in [0.25, 0.3) is 0 Å². The number of esters is 2. The van der Waals surface area contributed by atoms with Crippen LogP contribution in [0.2, 0.25) is 5.02 Å². The predicted molar refractivity (Wildman–Crippen MR) is 165 cm³/mol. The molecule has 0 aliphatic rings. The average molecular weight is 607 g/mol. The second-order valence-corrected chi connectivity index (χ2v) is 10.1. The maximum Gasteiger partial charge on any atom is 0.315 e. The highest BCUT2D eigenvalue weighted by atomic mass is 35.5. The summed E-state index contributed by atoms with van der Waals surface area (Å²) in [5, 5.41) is 1.29. The van der Waals surface area contributed by atoms with Crippen LogP contribution in [0.4, 0.5) is 0 Å². The Balaban J connectivity index is 1.83. The number of para-hydroxylation sites is 2. The highest BCUT2D eigenvalue weighted by Gasteiger charge is 2.28. The molecular weight excluding hydrogens is 572 g/mol. The van der Waals surface area contributed by atoms with Crippen LogP contribution >= 0.6 is 11.6 Å². The van der Waals surface area contributed by atoms with Crippen molar-refractivity contribution in [2.45, 2.75) is 39.5 Å². The first-order valence-electron chi connectivity index (χ1n) is 14.1. The van der Waals surface area contributed by atoms with Gasteiger partial charge in [0.05, 0.1) is 40.3 Å². The second kappa shape index (κ2) is 15.2. The number of fused-ring (bicyclic) bond motifs is 1. The van der Waals surface area contributed by atoms with Gasteiger partial charge in [-0.05, 0) is 43.2 Å². The Morgan fingerprint density at radius 1 is 0.628 bits per heavy atom. The molecule has 9 heteroatoms. The fraction of sp³-hybridized carbons (Fsp3) is 0.294. The molecule has 0 bridgehead atoms. The van der Waals surface area contributed by atoms with E-state index in [2.05, 4.69) is 0 Å². The number of rotatable bonds is 14. The van der Waals surface area contributed by atoms with E-state index in [9.17, 15) is 9.59 Å². The van der Waals surface area contributed by atoms with Crippen molar-refractivity contribution in [3.8, 4) is 34.5 Å². The highest BCUT2D eigenvalue weighted by molar-refractivity contribution is 6.31. The summed E-state index contributed by atoms with van der Waals surface area (Å²) in [6, 6.07) is 19.4. The molecule has 0 aliphatic carbocycles. The maximum absolute atomic E-state index is 13.4. The van der Waals surface area contributed by atoms with Crippen molar-refractivity contribution in [1.82, 2.24) is 0 Å². The van der Waals surface area contributed by atoms with Gasteiger partial charge < -0.3 is 28.4 Å². The molecule has 0 atom stereocenters. The number of carbonyl (C=O) groups excluding carboxylic acids is 2. The Labute approximate surface area is 256 Å². The first kappa shape index (κ1) is 31.5. The minimum absolute atomic E-state index is 0.0485. The molecule has 0 saturated carbocycles. The van der Waals surface area contributed by atoms with Crippen LogP contribution < -0.4 is 28.4 Å². The molecule has 0 N–H and O–H groups in total. The lowest BCUT2D eigenvalue weighted by Gasteiger charge is -2.22. The Morgan fingerprint density at radius 2 is 1.09 bits per heavy atom. The van der Waals surface area contributed by atoms with E-state index >= 15 is 0 Å². The van der Waals surface area contributed by atoms with E-state index < -0.39 is 11.9 Å². The SMILES string of the molecule is CCCOc1c(OCCC)c(OC(=O)Cc2ccccc2OC)c2cc(Cl)ccc2c1OC(=O)Cc1ccccc1OC. The number of halogens is 1. The summed E-state index contributed by atoms with van der Waals surface area (Å²) in [7, 11) is 3.09. The number of hydrogen-bond acceptors (Lipinski definition) is 8. The van der Waals surface area contributed by atoms with Crippen LogP contribution in [0.15, 0.2) is 66.7 Å². The van der Waals surface area contributed by atoms with E-state index in [-0.39, 0.29) is 35.8 Å². The largest absolute Gasteiger partial charge is 0.496 e. The summed E-state index contributed by atoms with van der Waals surface area (Å²) in [6.45, 7) is 4.49. The van der Waals surface area contributed by atoms with Gasteiger partial charge in [-0.1, -0.05) is 61.8 Å². The molecule has 0 radical (unpaired) electrons. The van der Waals surface area contributed by atoms with E-state index in [0.717, 1.165) is 0 Å². The van der Waals surface area contributed by atoms with Crippen molar-refractivity contribution < 1.29 is 38.0 Å². The Bertz CT molecular complexity index is 1580. The molecule has 0 spiro atoms. The zero-order chi connectivity index (χ0) is 30.8. The minimum Gasteiger partial charge on any atom is -0.496 e. The summed E-state index contributed by atoms with van der Waals surface area (Å²) >= 11 is 6.42. The van der Waals surface area contributed by atoms with Crippen LogP contribution in [0, 0.1) is 0 Å². The number of methoxy groups -OCH3 is 2. The molecule has 0 aliphatic heterocycles. The molecule has 4 rings (SSSR count). The lowest BCUT2D eigenvalue weighted by atomic mass is 10.1. The summed E-state index contributed by atoms with van der Waals surface area (Å²) in [5.74, 6) is 0.648. The molecule has 0 unspecified atom stereocenters. The first-order valence-corrected chi connectivity index (χ1v) is 14.5. The monoisotopic (exact) mass is 606 g/mol. The minimum atomic E-state index is -0.547. The van der Waals surface area contributed by atoms with Crippen molar-refractivity contribution in [3.05, 3.63) is 82.9 Å². The van der Waals surface area contributed by atoms with Gasteiger partial charge in [-0.3, -0.25) is 9.59 Å². The maximum atomic E-state index is 13.4. The highest BCUT2D eigenvalue weighted by Crippen LogP contribution is 2.52. The molecule has 8 nitrogen and oxygen atoms in total. The van der Waals surface area contributed by atoms with Crippen LogP contribution in [0.1, 0.15) is 37.8 Å². The fourth-order valence-corrected chi connectivity index (χ4v) is 4.71. The molecule has 226 valence electrons. The van der Waals surface area contributed by atoms with Crippen molar-refractivity contribution >= 4 is 34.3 Å². The van der Waals surface area contributed by atoms with Gasteiger partial charge in [0.1, 0.15) is 11.5 Å². The van der Waals surface area contributed by atoms with Crippen molar-refractivity contribution in [2.75, 3.05) is 27.4 Å². The molecule has 0 amide bonds. The normalized spacial score (nSPS) is 10.7. The third-order valence-electron chi connectivity index (χ3n) is 6.48. The third kappa shape index (κ3) is 7.70. The molecule has 43 heavy (non-hydrogen) atoms. The number of ether oxygens (including phenoxy) is 6. The van der Waals surface area contributed by atoms with Gasteiger partial charge >= 0.3 is 11.9 Å². The summed E-state index contributed by atoms with van der Waals surface area (Å²) < 4.78 is 35.1. The van der Waals surface area contributed by atoms with Crippen molar-refractivity contribution in [3.63, 3.8) is 0 Å². The fourth-order valence-electron chi connectivity index (χ4n) is 4.54. The summed E-state index contributed by atoms with van der Waals surface area (Å²) in [5.41, 5.74) is 1.33. The Kier molecular flexibility index (Phi) is 11.1. The van der Waals surface area contributed by atoms with Crippen molar-refractivity contribution in [2.24, 2.45) is 0 Å². The van der Waals surface area contributed by atoms with Gasteiger partial charge in [-0.15, -0.1) is 0 Å². The molecule has 0 saturated heterocycles. The Hall–Kier alpha value is -4.43. The van der Waals surface area contributed by atoms with Gasteiger partial charge in [-0.25, -0.2) is 0 Å². The zero-order valence-electron chi connectivity index (χ0n) is 24.7. The van der Waals surface area contributed by atoms with Crippen molar-refractivity contribution in [1.29, 1.82) is 0 Å². The first-order chi connectivity index (χ1) is 20.9. The van der Waals surface area contributed by atoms with Crippen LogP contribution in [-0.4, -0.2) is 39.4 Å². The van der Waals surface area contributed by atoms with Crippen LogP contribution in [0.3, 0.4) is 0 Å². The molecular formula is C34H35ClO8. The molecule has 4 aromatic rings. The van der Waals surface area contributed by atoms with E-state index in [4.69, 9.17) is 40.0 Å². The predicted octanol–water partition coefficient (Wildman–Crippen LogP) is 7.38.